The number of nitrogens with zero attached hydrogens (tertiary/aromatic N) is 3. The molecule has 4 nitrogen and oxygen atoms in total. The minimum Gasteiger partial charge on any atom is -0.369 e. The minimum atomic E-state index is 0.537. The molecule has 2 rings (SSSR count). The van der Waals surface area contributed by atoms with E-state index in [0.717, 1.165) is 30.5 Å². The van der Waals surface area contributed by atoms with E-state index < -0.39 is 0 Å². The molecule has 0 aliphatic heterocycles. The van der Waals surface area contributed by atoms with Crippen LogP contribution in [0, 0.1) is 0 Å². The lowest BCUT2D eigenvalue weighted by Gasteiger charge is -2.21. The van der Waals surface area contributed by atoms with Crippen LogP contribution in [0.15, 0.2) is 18.2 Å². The Morgan fingerprint density at radius 1 is 1.42 bits per heavy atom. The van der Waals surface area contributed by atoms with Crippen LogP contribution >= 0.6 is 11.6 Å². The fraction of sp³-hybridized carbons (Fsp3) is 0.500. The third-order valence-corrected chi connectivity index (χ3v) is 3.84. The summed E-state index contributed by atoms with van der Waals surface area (Å²) in [5.74, 6) is 0.537. The molecule has 0 aliphatic rings. The van der Waals surface area contributed by atoms with Gasteiger partial charge in [0.2, 0.25) is 5.95 Å². The topological polar surface area (TPSA) is 47.1 Å². The van der Waals surface area contributed by atoms with Gasteiger partial charge in [-0.1, -0.05) is 17.7 Å². The van der Waals surface area contributed by atoms with E-state index in [1.807, 2.05) is 22.8 Å². The Bertz CT molecular complexity index is 562. The van der Waals surface area contributed by atoms with E-state index in [1.165, 1.54) is 0 Å². The highest BCUT2D eigenvalue weighted by molar-refractivity contribution is 6.35. The Balaban J connectivity index is 2.13. The van der Waals surface area contributed by atoms with E-state index >= 15 is 0 Å². The molecule has 5 heteroatoms. The number of benzene rings is 1. The number of nitrogens with two attached hydrogens (primary N) is 1. The lowest BCUT2D eigenvalue weighted by Crippen LogP contribution is -2.28. The fourth-order valence-electron chi connectivity index (χ4n) is 2.10. The Morgan fingerprint density at radius 3 is 2.84 bits per heavy atom. The number of imidazole rings is 1. The number of nitrogen functional groups attached to an aromatic ring is 1. The number of rotatable bonds is 5. The molecule has 0 aliphatic carbocycles. The van der Waals surface area contributed by atoms with Crippen LogP contribution in [0.3, 0.4) is 0 Å². The standard InChI is InChI=1S/C14H21ClN4/c1-10(2)18(3)8-5-9-19-12-7-4-6-11(15)13(12)17-14(19)16/h4,6-7,10H,5,8-9H2,1-3H3,(H2,16,17). The molecule has 0 fully saturated rings. The molecule has 1 aromatic carbocycles. The van der Waals surface area contributed by atoms with Gasteiger partial charge in [0.15, 0.2) is 0 Å². The molecule has 19 heavy (non-hydrogen) atoms. The lowest BCUT2D eigenvalue weighted by molar-refractivity contribution is 0.266. The number of hydrogen-bond donors (Lipinski definition) is 1. The maximum Gasteiger partial charge on any atom is 0.201 e. The second kappa shape index (κ2) is 5.80. The van der Waals surface area contributed by atoms with Crippen molar-refractivity contribution < 1.29 is 0 Å². The lowest BCUT2D eigenvalue weighted by atomic mass is 10.3. The van der Waals surface area contributed by atoms with E-state index in [2.05, 4.69) is 30.8 Å². The van der Waals surface area contributed by atoms with Gasteiger partial charge in [-0.15, -0.1) is 0 Å². The van der Waals surface area contributed by atoms with Gasteiger partial charge in [0, 0.05) is 12.6 Å². The van der Waals surface area contributed by atoms with E-state index in [1.54, 1.807) is 0 Å². The van der Waals surface area contributed by atoms with Gasteiger partial charge in [-0.2, -0.15) is 0 Å². The van der Waals surface area contributed by atoms with Gasteiger partial charge >= 0.3 is 0 Å². The zero-order valence-electron chi connectivity index (χ0n) is 11.7. The van der Waals surface area contributed by atoms with Crippen LogP contribution in [0.4, 0.5) is 5.95 Å². The predicted octanol–water partition coefficient (Wildman–Crippen LogP) is 3.00. The third kappa shape index (κ3) is 3.01. The van der Waals surface area contributed by atoms with Gasteiger partial charge < -0.3 is 15.2 Å². The van der Waals surface area contributed by atoms with Crippen molar-refractivity contribution in [2.45, 2.75) is 32.9 Å². The quantitative estimate of drug-likeness (QED) is 0.916. The Labute approximate surface area is 119 Å². The Hall–Kier alpha value is -1.26. The average Bonchev–Trinajstić information content (AvgIpc) is 2.68. The zero-order chi connectivity index (χ0) is 14.0. The highest BCUT2D eigenvalue weighted by atomic mass is 35.5. The first-order valence-corrected chi connectivity index (χ1v) is 6.99. The van der Waals surface area contributed by atoms with Gasteiger partial charge in [-0.05, 0) is 46.0 Å². The monoisotopic (exact) mass is 280 g/mol. The number of anilines is 1. The van der Waals surface area contributed by atoms with Crippen molar-refractivity contribution >= 4 is 28.6 Å². The van der Waals surface area contributed by atoms with E-state index in [0.29, 0.717) is 17.0 Å². The first-order valence-electron chi connectivity index (χ1n) is 6.61. The Morgan fingerprint density at radius 2 is 2.16 bits per heavy atom. The minimum absolute atomic E-state index is 0.537. The number of halogens is 1. The molecule has 0 atom stereocenters. The molecular weight excluding hydrogens is 260 g/mol. The van der Waals surface area contributed by atoms with Gasteiger partial charge in [-0.3, -0.25) is 0 Å². The van der Waals surface area contributed by atoms with Crippen LogP contribution in [0.2, 0.25) is 5.02 Å². The van der Waals surface area contributed by atoms with Gasteiger partial charge in [0.05, 0.1) is 10.5 Å². The summed E-state index contributed by atoms with van der Waals surface area (Å²) >= 11 is 6.13. The van der Waals surface area contributed by atoms with Crippen molar-refractivity contribution in [1.29, 1.82) is 0 Å². The van der Waals surface area contributed by atoms with Crippen molar-refractivity contribution in [1.82, 2.24) is 14.5 Å². The van der Waals surface area contributed by atoms with Crippen molar-refractivity contribution in [2.24, 2.45) is 0 Å². The zero-order valence-corrected chi connectivity index (χ0v) is 12.5. The molecule has 0 saturated heterocycles. The van der Waals surface area contributed by atoms with Crippen molar-refractivity contribution in [3.8, 4) is 0 Å². The molecule has 0 saturated carbocycles. The summed E-state index contributed by atoms with van der Waals surface area (Å²) in [7, 11) is 2.14. The van der Waals surface area contributed by atoms with Crippen LogP contribution in [-0.2, 0) is 6.54 Å². The summed E-state index contributed by atoms with van der Waals surface area (Å²) in [5, 5.41) is 0.655. The summed E-state index contributed by atoms with van der Waals surface area (Å²) in [6.45, 7) is 6.29. The van der Waals surface area contributed by atoms with Gasteiger partial charge in [0.25, 0.3) is 0 Å². The first kappa shape index (κ1) is 14.2. The Kier molecular flexibility index (Phi) is 4.32. The SMILES string of the molecule is CC(C)N(C)CCCn1c(N)nc2c(Cl)cccc21. The van der Waals surface area contributed by atoms with Gasteiger partial charge in [-0.25, -0.2) is 4.98 Å². The molecule has 104 valence electrons. The van der Waals surface area contributed by atoms with E-state index in [-0.39, 0.29) is 0 Å². The summed E-state index contributed by atoms with van der Waals surface area (Å²) < 4.78 is 2.04. The molecule has 0 amide bonds. The summed E-state index contributed by atoms with van der Waals surface area (Å²) in [5.41, 5.74) is 7.78. The highest BCUT2D eigenvalue weighted by Crippen LogP contribution is 2.25. The number of aryl methyl sites for hydroxylation is 1. The van der Waals surface area contributed by atoms with E-state index in [9.17, 15) is 0 Å². The maximum atomic E-state index is 6.13. The average molecular weight is 281 g/mol. The number of fused-ring (bicyclic) bond motifs is 1. The second-order valence-electron chi connectivity index (χ2n) is 5.16. The molecule has 0 unspecified atom stereocenters. The van der Waals surface area contributed by atoms with Crippen LogP contribution in [0.5, 0.6) is 0 Å². The predicted molar refractivity (Wildman–Crippen MR) is 81.5 cm³/mol. The molecule has 0 spiro atoms. The highest BCUT2D eigenvalue weighted by Gasteiger charge is 2.10. The first-order chi connectivity index (χ1) is 9.00. The molecular formula is C14H21ClN4. The third-order valence-electron chi connectivity index (χ3n) is 3.53. The van der Waals surface area contributed by atoms with Gasteiger partial charge in [0.1, 0.15) is 5.52 Å². The number of hydrogen-bond acceptors (Lipinski definition) is 3. The number of para-hydroxylation sites is 1. The molecule has 1 heterocycles. The molecule has 2 aromatic rings. The van der Waals surface area contributed by atoms with Crippen LogP contribution in [0.25, 0.3) is 11.0 Å². The normalized spacial score (nSPS) is 11.9. The maximum absolute atomic E-state index is 6.13. The van der Waals surface area contributed by atoms with E-state index in [4.69, 9.17) is 17.3 Å². The molecule has 0 bridgehead atoms. The molecule has 1 aromatic heterocycles. The summed E-state index contributed by atoms with van der Waals surface area (Å²) in [4.78, 5) is 6.66. The molecule has 2 N–H and O–H groups in total. The second-order valence-corrected chi connectivity index (χ2v) is 5.56. The van der Waals surface area contributed by atoms with Crippen LogP contribution < -0.4 is 5.73 Å². The summed E-state index contributed by atoms with van der Waals surface area (Å²) in [6.07, 6.45) is 1.04. The van der Waals surface area contributed by atoms with Crippen LogP contribution in [-0.4, -0.2) is 34.1 Å². The van der Waals surface area contributed by atoms with Crippen LogP contribution in [0.1, 0.15) is 20.3 Å². The van der Waals surface area contributed by atoms with Crippen molar-refractivity contribution in [2.75, 3.05) is 19.3 Å². The van der Waals surface area contributed by atoms with Crippen molar-refractivity contribution in [3.63, 3.8) is 0 Å². The largest absolute Gasteiger partial charge is 0.369 e. The smallest absolute Gasteiger partial charge is 0.201 e. The fourth-order valence-corrected chi connectivity index (χ4v) is 2.31. The number of aromatic nitrogens is 2. The van der Waals surface area contributed by atoms with Crippen molar-refractivity contribution in [3.05, 3.63) is 23.2 Å². The summed E-state index contributed by atoms with van der Waals surface area (Å²) in [6, 6.07) is 6.35. The molecule has 0 radical (unpaired) electrons.